The molecule has 0 fully saturated rings. The number of thiophene rings is 1. The molecule has 3 aromatic heterocycles. The van der Waals surface area contributed by atoms with Gasteiger partial charge in [0, 0.05) is 16.9 Å². The molecular formula is C18H20N2O4S. The molecule has 0 bridgehead atoms. The van der Waals surface area contributed by atoms with E-state index in [0.29, 0.717) is 23.5 Å². The number of carbonyl (C=O) groups is 1. The first-order valence-corrected chi connectivity index (χ1v) is 8.87. The molecule has 6 nitrogen and oxygen atoms in total. The molecule has 0 saturated carbocycles. The second kappa shape index (κ2) is 7.25. The number of carbonyl (C=O) groups excluding carboxylic acids is 1. The number of nitrogens with zero attached hydrogens (tertiary/aromatic N) is 1. The molecule has 0 aromatic carbocycles. The average Bonchev–Trinajstić information content (AvgIpc) is 3.35. The first-order valence-electron chi connectivity index (χ1n) is 7.99. The van der Waals surface area contributed by atoms with E-state index in [1.165, 1.54) is 17.6 Å². The minimum Gasteiger partial charge on any atom is -0.466 e. The van der Waals surface area contributed by atoms with Gasteiger partial charge in [-0.15, -0.1) is 11.3 Å². The van der Waals surface area contributed by atoms with Crippen LogP contribution in [0.2, 0.25) is 0 Å². The molecule has 1 atom stereocenters. The van der Waals surface area contributed by atoms with Crippen molar-refractivity contribution in [2.75, 3.05) is 6.54 Å². The van der Waals surface area contributed by atoms with Crippen LogP contribution in [0.4, 0.5) is 0 Å². The smallest absolute Gasteiger partial charge is 0.220 e. The SMILES string of the molecule is Cc1noc(C)c1CCC(=O)NCC(O)(c1ccco1)c1cccs1. The van der Waals surface area contributed by atoms with Crippen LogP contribution in [0.5, 0.6) is 0 Å². The molecule has 0 radical (unpaired) electrons. The van der Waals surface area contributed by atoms with Crippen LogP contribution < -0.4 is 5.32 Å². The first kappa shape index (κ1) is 17.4. The fraction of sp³-hybridized carbons (Fsp3) is 0.333. The van der Waals surface area contributed by atoms with Crippen molar-refractivity contribution in [3.8, 4) is 0 Å². The Morgan fingerprint density at radius 3 is 2.80 bits per heavy atom. The number of hydrogen-bond acceptors (Lipinski definition) is 6. The van der Waals surface area contributed by atoms with Crippen LogP contribution >= 0.6 is 11.3 Å². The maximum atomic E-state index is 12.2. The van der Waals surface area contributed by atoms with E-state index in [-0.39, 0.29) is 12.5 Å². The zero-order valence-electron chi connectivity index (χ0n) is 14.1. The summed E-state index contributed by atoms with van der Waals surface area (Å²) in [6, 6.07) is 7.10. The second-order valence-corrected chi connectivity index (χ2v) is 6.84. The van der Waals surface area contributed by atoms with Gasteiger partial charge in [-0.1, -0.05) is 11.2 Å². The van der Waals surface area contributed by atoms with Gasteiger partial charge in [0.2, 0.25) is 5.91 Å². The molecule has 132 valence electrons. The standard InChI is InChI=1S/C18H20N2O4S/c1-12-14(13(2)24-20-12)7-8-17(21)19-11-18(22,15-5-3-9-23-15)16-6-4-10-25-16/h3-6,9-10,22H,7-8,11H2,1-2H3,(H,19,21). The van der Waals surface area contributed by atoms with Crippen LogP contribution in [-0.2, 0) is 16.8 Å². The van der Waals surface area contributed by atoms with Gasteiger partial charge < -0.3 is 19.4 Å². The summed E-state index contributed by atoms with van der Waals surface area (Å²) < 4.78 is 10.5. The minimum atomic E-state index is -1.38. The van der Waals surface area contributed by atoms with Gasteiger partial charge in [-0.25, -0.2) is 0 Å². The summed E-state index contributed by atoms with van der Waals surface area (Å²) in [6.45, 7) is 3.73. The second-order valence-electron chi connectivity index (χ2n) is 5.89. The Hall–Kier alpha value is -2.38. The number of furan rings is 1. The van der Waals surface area contributed by atoms with E-state index in [1.807, 2.05) is 31.4 Å². The number of amides is 1. The lowest BCUT2D eigenvalue weighted by Gasteiger charge is -2.25. The summed E-state index contributed by atoms with van der Waals surface area (Å²) in [5, 5.41) is 19.7. The molecule has 0 aliphatic carbocycles. The lowest BCUT2D eigenvalue weighted by atomic mass is 9.98. The Kier molecular flexibility index (Phi) is 5.06. The van der Waals surface area contributed by atoms with Crippen molar-refractivity contribution in [1.82, 2.24) is 10.5 Å². The summed E-state index contributed by atoms with van der Waals surface area (Å²) in [7, 11) is 0. The van der Waals surface area contributed by atoms with E-state index in [4.69, 9.17) is 8.94 Å². The summed E-state index contributed by atoms with van der Waals surface area (Å²) in [4.78, 5) is 13.0. The minimum absolute atomic E-state index is 0.0431. The van der Waals surface area contributed by atoms with Crippen LogP contribution in [0, 0.1) is 13.8 Å². The summed E-state index contributed by atoms with van der Waals surface area (Å²) in [5.41, 5.74) is 0.377. The molecule has 1 amide bonds. The highest BCUT2D eigenvalue weighted by atomic mass is 32.1. The quantitative estimate of drug-likeness (QED) is 0.676. The third-order valence-corrected chi connectivity index (χ3v) is 5.20. The van der Waals surface area contributed by atoms with Gasteiger partial charge in [0.15, 0.2) is 5.60 Å². The van der Waals surface area contributed by atoms with Crippen molar-refractivity contribution < 1.29 is 18.8 Å². The monoisotopic (exact) mass is 360 g/mol. The molecule has 0 spiro atoms. The highest BCUT2D eigenvalue weighted by Crippen LogP contribution is 2.32. The van der Waals surface area contributed by atoms with Crippen LogP contribution in [0.15, 0.2) is 44.8 Å². The first-order chi connectivity index (χ1) is 12.0. The van der Waals surface area contributed by atoms with E-state index < -0.39 is 5.60 Å². The fourth-order valence-corrected chi connectivity index (χ4v) is 3.56. The van der Waals surface area contributed by atoms with Crippen molar-refractivity contribution in [2.24, 2.45) is 0 Å². The van der Waals surface area contributed by atoms with E-state index in [1.54, 1.807) is 12.1 Å². The molecule has 0 aliphatic heterocycles. The summed E-state index contributed by atoms with van der Waals surface area (Å²) in [6.07, 6.45) is 2.35. The Labute approximate surface area is 149 Å². The number of nitrogens with one attached hydrogen (secondary N) is 1. The highest BCUT2D eigenvalue weighted by Gasteiger charge is 2.36. The molecule has 0 saturated heterocycles. The number of aryl methyl sites for hydroxylation is 2. The Morgan fingerprint density at radius 2 is 2.20 bits per heavy atom. The molecule has 3 aromatic rings. The summed E-state index contributed by atoms with van der Waals surface area (Å²) >= 11 is 1.41. The van der Waals surface area contributed by atoms with E-state index in [9.17, 15) is 9.90 Å². The van der Waals surface area contributed by atoms with Crippen LogP contribution in [0.1, 0.15) is 34.1 Å². The molecule has 3 heterocycles. The zero-order valence-corrected chi connectivity index (χ0v) is 14.9. The Morgan fingerprint density at radius 1 is 1.36 bits per heavy atom. The van der Waals surface area contributed by atoms with Gasteiger partial charge in [0.1, 0.15) is 11.5 Å². The summed E-state index contributed by atoms with van der Waals surface area (Å²) in [5.74, 6) is 0.985. The third-order valence-electron chi connectivity index (χ3n) is 4.18. The predicted molar refractivity (Wildman–Crippen MR) is 93.3 cm³/mol. The van der Waals surface area contributed by atoms with E-state index in [2.05, 4.69) is 10.5 Å². The van der Waals surface area contributed by atoms with Crippen molar-refractivity contribution in [3.63, 3.8) is 0 Å². The van der Waals surface area contributed by atoms with Crippen molar-refractivity contribution in [3.05, 3.63) is 63.6 Å². The van der Waals surface area contributed by atoms with Gasteiger partial charge in [0.05, 0.1) is 18.5 Å². The molecule has 1 unspecified atom stereocenters. The molecule has 25 heavy (non-hydrogen) atoms. The predicted octanol–water partition coefficient (Wildman–Crippen LogP) is 2.93. The van der Waals surface area contributed by atoms with Crippen molar-refractivity contribution in [1.29, 1.82) is 0 Å². The van der Waals surface area contributed by atoms with Crippen molar-refractivity contribution >= 4 is 17.2 Å². The molecule has 3 rings (SSSR count). The molecule has 2 N–H and O–H groups in total. The normalized spacial score (nSPS) is 13.6. The largest absolute Gasteiger partial charge is 0.466 e. The molecule has 7 heteroatoms. The fourth-order valence-electron chi connectivity index (χ4n) is 2.74. The zero-order chi connectivity index (χ0) is 17.9. The van der Waals surface area contributed by atoms with Crippen LogP contribution in [-0.4, -0.2) is 22.7 Å². The average molecular weight is 360 g/mol. The van der Waals surface area contributed by atoms with Crippen LogP contribution in [0.25, 0.3) is 0 Å². The van der Waals surface area contributed by atoms with E-state index in [0.717, 1.165) is 17.0 Å². The topological polar surface area (TPSA) is 88.5 Å². The molecule has 0 aliphatic rings. The number of aliphatic hydroxyl groups is 1. The van der Waals surface area contributed by atoms with Gasteiger partial charge in [-0.3, -0.25) is 4.79 Å². The molecular weight excluding hydrogens is 340 g/mol. The lowest BCUT2D eigenvalue weighted by molar-refractivity contribution is -0.122. The van der Waals surface area contributed by atoms with E-state index >= 15 is 0 Å². The van der Waals surface area contributed by atoms with Gasteiger partial charge in [-0.05, 0) is 43.8 Å². The van der Waals surface area contributed by atoms with Crippen molar-refractivity contribution in [2.45, 2.75) is 32.3 Å². The third kappa shape index (κ3) is 3.67. The maximum absolute atomic E-state index is 12.2. The Bertz CT molecular complexity index is 768. The number of rotatable bonds is 7. The lowest BCUT2D eigenvalue weighted by Crippen LogP contribution is -2.41. The number of hydrogen-bond donors (Lipinski definition) is 2. The van der Waals surface area contributed by atoms with Gasteiger partial charge >= 0.3 is 0 Å². The highest BCUT2D eigenvalue weighted by molar-refractivity contribution is 7.10. The number of aromatic nitrogens is 1. The Balaban J connectivity index is 1.65. The van der Waals surface area contributed by atoms with Gasteiger partial charge in [-0.2, -0.15) is 0 Å². The van der Waals surface area contributed by atoms with Gasteiger partial charge in [0.25, 0.3) is 0 Å². The maximum Gasteiger partial charge on any atom is 0.220 e. The van der Waals surface area contributed by atoms with Crippen LogP contribution in [0.3, 0.4) is 0 Å².